The molecule has 1 saturated heterocycles. The summed E-state index contributed by atoms with van der Waals surface area (Å²) in [6.45, 7) is 3.80. The summed E-state index contributed by atoms with van der Waals surface area (Å²) in [5, 5.41) is 18.0. The lowest BCUT2D eigenvalue weighted by Crippen LogP contribution is -2.34. The fourth-order valence-electron chi connectivity index (χ4n) is 2.81. The second-order valence-corrected chi connectivity index (χ2v) is 5.50. The molecule has 1 heterocycles. The maximum absolute atomic E-state index is 10.6. The van der Waals surface area contributed by atoms with Gasteiger partial charge in [0.2, 0.25) is 0 Å². The van der Waals surface area contributed by atoms with Crippen LogP contribution in [0.15, 0.2) is 18.2 Å². The highest BCUT2D eigenvalue weighted by atomic mass is 16.4. The fraction of sp³-hybridized carbons (Fsp3) is 0.500. The van der Waals surface area contributed by atoms with Gasteiger partial charge in [0.1, 0.15) is 6.07 Å². The van der Waals surface area contributed by atoms with Gasteiger partial charge in [-0.2, -0.15) is 5.26 Å². The van der Waals surface area contributed by atoms with E-state index in [1.165, 1.54) is 0 Å². The lowest BCUT2D eigenvalue weighted by Gasteiger charge is -2.34. The molecule has 1 fully saturated rings. The van der Waals surface area contributed by atoms with E-state index in [1.54, 1.807) is 0 Å². The van der Waals surface area contributed by atoms with Gasteiger partial charge >= 0.3 is 5.97 Å². The van der Waals surface area contributed by atoms with Gasteiger partial charge in [0.05, 0.1) is 11.3 Å². The van der Waals surface area contributed by atoms with E-state index in [9.17, 15) is 10.1 Å². The predicted molar refractivity (Wildman–Crippen MR) is 77.7 cm³/mol. The molecule has 0 amide bonds. The molecule has 2 rings (SSSR count). The van der Waals surface area contributed by atoms with Crippen LogP contribution >= 0.6 is 0 Å². The number of anilines is 1. The first kappa shape index (κ1) is 14.4. The van der Waals surface area contributed by atoms with Crippen molar-refractivity contribution >= 4 is 11.7 Å². The number of hydrogen-bond donors (Lipinski definition) is 1. The van der Waals surface area contributed by atoms with E-state index in [4.69, 9.17) is 5.11 Å². The number of hydrogen-bond acceptors (Lipinski definition) is 3. The van der Waals surface area contributed by atoms with Crippen LogP contribution in [-0.2, 0) is 4.79 Å². The van der Waals surface area contributed by atoms with E-state index in [2.05, 4.69) is 11.0 Å². The number of piperidine rings is 1. The van der Waals surface area contributed by atoms with Gasteiger partial charge in [-0.25, -0.2) is 0 Å². The molecule has 1 aromatic carbocycles. The van der Waals surface area contributed by atoms with Gasteiger partial charge in [-0.15, -0.1) is 0 Å². The van der Waals surface area contributed by atoms with Crippen LogP contribution in [0.5, 0.6) is 0 Å². The molecule has 0 atom stereocenters. The molecule has 0 unspecified atom stereocenters. The molecule has 1 aliphatic heterocycles. The van der Waals surface area contributed by atoms with Crippen LogP contribution in [0.1, 0.15) is 36.8 Å². The normalized spacial score (nSPS) is 15.9. The first-order valence-electron chi connectivity index (χ1n) is 7.07. The van der Waals surface area contributed by atoms with Crippen molar-refractivity contribution in [2.75, 3.05) is 18.0 Å². The molecule has 106 valence electrons. The minimum Gasteiger partial charge on any atom is -0.481 e. The number of benzene rings is 1. The molecule has 4 nitrogen and oxygen atoms in total. The van der Waals surface area contributed by atoms with Crippen molar-refractivity contribution in [3.63, 3.8) is 0 Å². The van der Waals surface area contributed by atoms with Gasteiger partial charge in [-0.05, 0) is 49.8 Å². The highest BCUT2D eigenvalue weighted by Crippen LogP contribution is 2.28. The second kappa shape index (κ2) is 6.42. The maximum Gasteiger partial charge on any atom is 0.303 e. The second-order valence-electron chi connectivity index (χ2n) is 5.50. The number of carbonyl (C=O) groups is 1. The van der Waals surface area contributed by atoms with E-state index < -0.39 is 5.97 Å². The SMILES string of the molecule is Cc1ccc(N2CCC(CCC(=O)O)CC2)c(C#N)c1. The zero-order valence-electron chi connectivity index (χ0n) is 11.8. The Morgan fingerprint density at radius 3 is 2.75 bits per heavy atom. The summed E-state index contributed by atoms with van der Waals surface area (Å²) in [7, 11) is 0. The summed E-state index contributed by atoms with van der Waals surface area (Å²) < 4.78 is 0. The molecule has 1 aliphatic rings. The predicted octanol–water partition coefficient (Wildman–Crippen LogP) is 2.95. The average molecular weight is 272 g/mol. The summed E-state index contributed by atoms with van der Waals surface area (Å²) in [4.78, 5) is 12.8. The third-order valence-electron chi connectivity index (χ3n) is 3.99. The molecule has 1 aromatic rings. The number of aryl methyl sites for hydroxylation is 1. The van der Waals surface area contributed by atoms with Gasteiger partial charge in [-0.1, -0.05) is 6.07 Å². The van der Waals surface area contributed by atoms with E-state index in [1.807, 2.05) is 25.1 Å². The number of carboxylic acid groups (broad SMARTS) is 1. The molecular formula is C16H20N2O2. The van der Waals surface area contributed by atoms with Crippen LogP contribution in [0.4, 0.5) is 5.69 Å². The van der Waals surface area contributed by atoms with Crippen molar-refractivity contribution in [3.05, 3.63) is 29.3 Å². The Kier molecular flexibility index (Phi) is 4.62. The Hall–Kier alpha value is -2.02. The molecule has 20 heavy (non-hydrogen) atoms. The zero-order valence-corrected chi connectivity index (χ0v) is 11.8. The van der Waals surface area contributed by atoms with Crippen molar-refractivity contribution in [2.45, 2.75) is 32.6 Å². The standard InChI is InChI=1S/C16H20N2O2/c1-12-2-4-15(14(10-12)11-17)18-8-6-13(7-9-18)3-5-16(19)20/h2,4,10,13H,3,5-9H2,1H3,(H,19,20). The Morgan fingerprint density at radius 2 is 2.15 bits per heavy atom. The summed E-state index contributed by atoms with van der Waals surface area (Å²) in [5.41, 5.74) is 2.84. The number of aliphatic carboxylic acids is 1. The van der Waals surface area contributed by atoms with Crippen LogP contribution in [0, 0.1) is 24.2 Å². The molecule has 1 N–H and O–H groups in total. The molecule has 0 bridgehead atoms. The molecule has 0 spiro atoms. The lowest BCUT2D eigenvalue weighted by molar-refractivity contribution is -0.137. The van der Waals surface area contributed by atoms with Crippen LogP contribution in [-0.4, -0.2) is 24.2 Å². The largest absolute Gasteiger partial charge is 0.481 e. The molecule has 0 aromatic heterocycles. The van der Waals surface area contributed by atoms with E-state index >= 15 is 0 Å². The monoisotopic (exact) mass is 272 g/mol. The number of nitriles is 1. The number of carboxylic acids is 1. The summed E-state index contributed by atoms with van der Waals surface area (Å²) in [6.07, 6.45) is 3.04. The number of nitrogens with zero attached hydrogens (tertiary/aromatic N) is 2. The highest BCUT2D eigenvalue weighted by Gasteiger charge is 2.21. The molecule has 0 aliphatic carbocycles. The Morgan fingerprint density at radius 1 is 1.45 bits per heavy atom. The molecular weight excluding hydrogens is 252 g/mol. The van der Waals surface area contributed by atoms with Crippen LogP contribution in [0.3, 0.4) is 0 Å². The molecule has 4 heteroatoms. The van der Waals surface area contributed by atoms with Crippen LogP contribution < -0.4 is 4.90 Å². The average Bonchev–Trinajstić information content (AvgIpc) is 2.45. The van der Waals surface area contributed by atoms with Gasteiger partial charge < -0.3 is 10.0 Å². The van der Waals surface area contributed by atoms with Crippen molar-refractivity contribution in [3.8, 4) is 6.07 Å². The maximum atomic E-state index is 10.6. The summed E-state index contributed by atoms with van der Waals surface area (Å²) in [5.74, 6) is -0.212. The van der Waals surface area contributed by atoms with Crippen molar-refractivity contribution in [2.24, 2.45) is 5.92 Å². The summed E-state index contributed by atoms with van der Waals surface area (Å²) >= 11 is 0. The zero-order chi connectivity index (χ0) is 14.5. The third kappa shape index (κ3) is 3.51. The van der Waals surface area contributed by atoms with Gasteiger partial charge in [-0.3, -0.25) is 4.79 Å². The van der Waals surface area contributed by atoms with E-state index in [-0.39, 0.29) is 6.42 Å². The van der Waals surface area contributed by atoms with Crippen LogP contribution in [0.2, 0.25) is 0 Å². The third-order valence-corrected chi connectivity index (χ3v) is 3.99. The minimum absolute atomic E-state index is 0.263. The van der Waals surface area contributed by atoms with Gasteiger partial charge in [0.25, 0.3) is 0 Å². The first-order valence-corrected chi connectivity index (χ1v) is 7.07. The van der Waals surface area contributed by atoms with Gasteiger partial charge in [0.15, 0.2) is 0 Å². The minimum atomic E-state index is -0.710. The van der Waals surface area contributed by atoms with Crippen molar-refractivity contribution in [1.29, 1.82) is 5.26 Å². The Labute approximate surface area is 119 Å². The van der Waals surface area contributed by atoms with E-state index in [0.717, 1.165) is 49.2 Å². The highest BCUT2D eigenvalue weighted by molar-refractivity contribution is 5.66. The number of rotatable bonds is 4. The van der Waals surface area contributed by atoms with Crippen molar-refractivity contribution in [1.82, 2.24) is 0 Å². The Bertz CT molecular complexity index is 526. The van der Waals surface area contributed by atoms with Crippen molar-refractivity contribution < 1.29 is 9.90 Å². The summed E-state index contributed by atoms with van der Waals surface area (Å²) in [6, 6.07) is 8.24. The Balaban J connectivity index is 1.97. The smallest absolute Gasteiger partial charge is 0.303 e. The van der Waals surface area contributed by atoms with Crippen LogP contribution in [0.25, 0.3) is 0 Å². The molecule has 0 radical (unpaired) electrons. The first-order chi connectivity index (χ1) is 9.60. The van der Waals surface area contributed by atoms with Gasteiger partial charge in [0, 0.05) is 19.5 Å². The van der Waals surface area contributed by atoms with E-state index in [0.29, 0.717) is 5.92 Å². The fourth-order valence-corrected chi connectivity index (χ4v) is 2.81. The quantitative estimate of drug-likeness (QED) is 0.915. The molecule has 0 saturated carbocycles. The lowest BCUT2D eigenvalue weighted by atomic mass is 9.91. The topological polar surface area (TPSA) is 64.3 Å².